The highest BCUT2D eigenvalue weighted by Crippen LogP contribution is 2.38. The Morgan fingerprint density at radius 2 is 1.44 bits per heavy atom. The van der Waals surface area contributed by atoms with Crippen molar-refractivity contribution in [2.45, 2.75) is 6.67 Å². The number of rotatable bonds is 8. The number of benzene rings is 2. The highest BCUT2D eigenvalue weighted by Gasteiger charge is 2.19. The first-order valence-corrected chi connectivity index (χ1v) is 10.1. The Labute approximate surface area is 190 Å². The summed E-state index contributed by atoms with van der Waals surface area (Å²) in [6, 6.07) is 13.3. The van der Waals surface area contributed by atoms with Crippen molar-refractivity contribution in [1.29, 1.82) is 0 Å². The fourth-order valence-corrected chi connectivity index (χ4v) is 3.60. The summed E-state index contributed by atoms with van der Waals surface area (Å²) in [6.07, 6.45) is 3.33. The van der Waals surface area contributed by atoms with Gasteiger partial charge in [-0.25, -0.2) is 9.36 Å². The molecule has 32 heavy (non-hydrogen) atoms. The third kappa shape index (κ3) is 4.22. The lowest BCUT2D eigenvalue weighted by molar-refractivity contribution is 0.394. The van der Waals surface area contributed by atoms with Gasteiger partial charge in [-0.3, -0.25) is 0 Å². The molecule has 0 atom stereocenters. The van der Waals surface area contributed by atoms with E-state index < -0.39 is 0 Å². The fourth-order valence-electron chi connectivity index (χ4n) is 3.45. The molecule has 0 spiro atoms. The quantitative estimate of drug-likeness (QED) is 0.387. The smallest absolute Gasteiger partial charge is 0.133 e. The molecular weight excluding hydrogens is 432 g/mol. The predicted molar refractivity (Wildman–Crippen MR) is 122 cm³/mol. The standard InChI is InChI=1S/C23H23ClN4O4/c1-29-16-5-7-18(22(9-16)31-3)20-11-21(19-8-6-17(30-2)10-23(19)32-4)28(26-20)14-27-13-15(24)12-25-27/h5-13H,14H2,1-4H3. The zero-order chi connectivity index (χ0) is 22.7. The molecule has 0 aliphatic rings. The Hall–Kier alpha value is -3.65. The van der Waals surface area contributed by atoms with Gasteiger partial charge in [-0.05, 0) is 30.3 Å². The van der Waals surface area contributed by atoms with E-state index in [2.05, 4.69) is 5.10 Å². The molecule has 0 saturated heterocycles. The molecule has 2 heterocycles. The molecule has 0 N–H and O–H groups in total. The van der Waals surface area contributed by atoms with Crippen LogP contribution in [0.3, 0.4) is 0 Å². The van der Waals surface area contributed by atoms with Crippen LogP contribution in [0.1, 0.15) is 0 Å². The van der Waals surface area contributed by atoms with E-state index in [-0.39, 0.29) is 0 Å². The van der Waals surface area contributed by atoms with Crippen LogP contribution in [0, 0.1) is 0 Å². The highest BCUT2D eigenvalue weighted by atomic mass is 35.5. The molecule has 0 aliphatic carbocycles. The molecule has 0 fully saturated rings. The summed E-state index contributed by atoms with van der Waals surface area (Å²) in [5.41, 5.74) is 3.26. The summed E-state index contributed by atoms with van der Waals surface area (Å²) >= 11 is 6.06. The fraction of sp³-hybridized carbons (Fsp3) is 0.217. The van der Waals surface area contributed by atoms with Crippen molar-refractivity contribution in [3.05, 3.63) is 59.9 Å². The number of methoxy groups -OCH3 is 4. The monoisotopic (exact) mass is 454 g/mol. The molecule has 0 radical (unpaired) electrons. The van der Waals surface area contributed by atoms with Gasteiger partial charge >= 0.3 is 0 Å². The molecule has 4 rings (SSSR count). The van der Waals surface area contributed by atoms with Gasteiger partial charge < -0.3 is 18.9 Å². The largest absolute Gasteiger partial charge is 0.497 e. The van der Waals surface area contributed by atoms with Crippen LogP contribution in [0.2, 0.25) is 5.02 Å². The second-order valence-corrected chi connectivity index (χ2v) is 7.32. The van der Waals surface area contributed by atoms with E-state index in [0.29, 0.717) is 34.7 Å². The van der Waals surface area contributed by atoms with Crippen LogP contribution >= 0.6 is 11.6 Å². The lowest BCUT2D eigenvalue weighted by Crippen LogP contribution is -2.11. The van der Waals surface area contributed by atoms with Crippen LogP contribution in [-0.2, 0) is 6.67 Å². The van der Waals surface area contributed by atoms with E-state index in [4.69, 9.17) is 35.6 Å². The first-order valence-electron chi connectivity index (χ1n) is 9.77. The minimum absolute atomic E-state index is 0.357. The van der Waals surface area contributed by atoms with Crippen molar-refractivity contribution < 1.29 is 18.9 Å². The molecule has 2 aromatic carbocycles. The van der Waals surface area contributed by atoms with Gasteiger partial charge in [0.25, 0.3) is 0 Å². The van der Waals surface area contributed by atoms with Crippen LogP contribution in [0.5, 0.6) is 23.0 Å². The van der Waals surface area contributed by atoms with Gasteiger partial charge in [0, 0.05) is 29.5 Å². The molecule has 9 heteroatoms. The topological polar surface area (TPSA) is 72.6 Å². The average molecular weight is 455 g/mol. The summed E-state index contributed by atoms with van der Waals surface area (Å²) < 4.78 is 25.4. The SMILES string of the molecule is COc1ccc(-c2cc(-c3ccc(OC)cc3OC)n(Cn3cc(Cl)cn3)n2)c(OC)c1. The van der Waals surface area contributed by atoms with Gasteiger partial charge in [0.05, 0.1) is 51.0 Å². The van der Waals surface area contributed by atoms with Crippen molar-refractivity contribution in [2.75, 3.05) is 28.4 Å². The van der Waals surface area contributed by atoms with Gasteiger partial charge in [0.2, 0.25) is 0 Å². The van der Waals surface area contributed by atoms with E-state index in [9.17, 15) is 0 Å². The third-order valence-corrected chi connectivity index (χ3v) is 5.23. The van der Waals surface area contributed by atoms with Gasteiger partial charge in [0.15, 0.2) is 0 Å². The van der Waals surface area contributed by atoms with E-state index in [0.717, 1.165) is 22.5 Å². The van der Waals surface area contributed by atoms with E-state index >= 15 is 0 Å². The van der Waals surface area contributed by atoms with Crippen LogP contribution in [0.4, 0.5) is 0 Å². The van der Waals surface area contributed by atoms with Crippen LogP contribution in [0.25, 0.3) is 22.5 Å². The number of ether oxygens (including phenoxy) is 4. The normalized spacial score (nSPS) is 10.8. The molecule has 0 bridgehead atoms. The predicted octanol–water partition coefficient (Wildman–Crippen LogP) is 4.61. The number of nitrogens with zero attached hydrogens (tertiary/aromatic N) is 4. The molecule has 8 nitrogen and oxygen atoms in total. The maximum Gasteiger partial charge on any atom is 0.133 e. The van der Waals surface area contributed by atoms with Crippen molar-refractivity contribution in [1.82, 2.24) is 19.6 Å². The lowest BCUT2D eigenvalue weighted by Gasteiger charge is -2.12. The minimum Gasteiger partial charge on any atom is -0.497 e. The Kier molecular flexibility index (Phi) is 6.23. The molecule has 4 aromatic rings. The summed E-state index contributed by atoms with van der Waals surface area (Å²) in [5.74, 6) is 2.72. The molecule has 2 aromatic heterocycles. The van der Waals surface area contributed by atoms with Crippen LogP contribution in [-0.4, -0.2) is 48.0 Å². The zero-order valence-electron chi connectivity index (χ0n) is 18.2. The number of aromatic nitrogens is 4. The summed E-state index contributed by atoms with van der Waals surface area (Å²) in [5, 5.41) is 9.69. The third-order valence-electron chi connectivity index (χ3n) is 5.03. The van der Waals surface area contributed by atoms with Gasteiger partial charge in [0.1, 0.15) is 29.7 Å². The Morgan fingerprint density at radius 1 is 0.812 bits per heavy atom. The molecule has 0 aliphatic heterocycles. The van der Waals surface area contributed by atoms with Crippen molar-refractivity contribution in [3.63, 3.8) is 0 Å². The van der Waals surface area contributed by atoms with E-state index in [1.807, 2.05) is 47.1 Å². The number of hydrogen-bond acceptors (Lipinski definition) is 6. The second kappa shape index (κ2) is 9.23. The Morgan fingerprint density at radius 3 is 2.00 bits per heavy atom. The molecule has 0 saturated carbocycles. The first-order chi connectivity index (χ1) is 15.6. The van der Waals surface area contributed by atoms with Gasteiger partial charge in [-0.1, -0.05) is 11.6 Å². The van der Waals surface area contributed by atoms with Crippen molar-refractivity contribution in [2.24, 2.45) is 0 Å². The van der Waals surface area contributed by atoms with Crippen LogP contribution < -0.4 is 18.9 Å². The van der Waals surface area contributed by atoms with Crippen molar-refractivity contribution in [3.8, 4) is 45.5 Å². The molecular formula is C23H23ClN4O4. The van der Waals surface area contributed by atoms with Gasteiger partial charge in [-0.2, -0.15) is 10.2 Å². The summed E-state index contributed by atoms with van der Waals surface area (Å²) in [7, 11) is 6.48. The Balaban J connectivity index is 1.86. The molecule has 0 amide bonds. The van der Waals surface area contributed by atoms with E-state index in [1.165, 1.54) is 0 Å². The Bertz CT molecular complexity index is 1230. The summed E-state index contributed by atoms with van der Waals surface area (Å²) in [6.45, 7) is 0.357. The number of halogens is 1. The maximum atomic E-state index is 6.06. The second-order valence-electron chi connectivity index (χ2n) is 6.89. The summed E-state index contributed by atoms with van der Waals surface area (Å²) in [4.78, 5) is 0. The average Bonchev–Trinajstić information content (AvgIpc) is 3.43. The molecule has 0 unspecified atom stereocenters. The zero-order valence-corrected chi connectivity index (χ0v) is 19.0. The first kappa shape index (κ1) is 21.6. The highest BCUT2D eigenvalue weighted by molar-refractivity contribution is 6.30. The van der Waals surface area contributed by atoms with E-state index in [1.54, 1.807) is 45.5 Å². The molecule has 166 valence electrons. The van der Waals surface area contributed by atoms with Gasteiger partial charge in [-0.15, -0.1) is 0 Å². The minimum atomic E-state index is 0.357. The number of hydrogen-bond donors (Lipinski definition) is 0. The van der Waals surface area contributed by atoms with Crippen molar-refractivity contribution >= 4 is 11.6 Å². The lowest BCUT2D eigenvalue weighted by atomic mass is 10.1. The maximum absolute atomic E-state index is 6.06. The van der Waals surface area contributed by atoms with Crippen LogP contribution in [0.15, 0.2) is 54.9 Å².